The molecule has 0 spiro atoms. The first-order chi connectivity index (χ1) is 7.74. The van der Waals surface area contributed by atoms with Crippen LogP contribution in [0.15, 0.2) is 22.8 Å². The Morgan fingerprint density at radius 1 is 1.50 bits per heavy atom. The maximum absolute atomic E-state index is 5.34. The third-order valence-corrected chi connectivity index (χ3v) is 2.96. The fourth-order valence-electron chi connectivity index (χ4n) is 1.72. The van der Waals surface area contributed by atoms with Crippen LogP contribution in [0.3, 0.4) is 0 Å². The summed E-state index contributed by atoms with van der Waals surface area (Å²) in [5.74, 6) is 1.04. The van der Waals surface area contributed by atoms with Gasteiger partial charge in [-0.2, -0.15) is 0 Å². The van der Waals surface area contributed by atoms with Crippen molar-refractivity contribution in [3.8, 4) is 0 Å². The maximum atomic E-state index is 5.34. The lowest BCUT2D eigenvalue weighted by Gasteiger charge is -2.23. The summed E-state index contributed by atoms with van der Waals surface area (Å²) in [6.45, 7) is 7.50. The summed E-state index contributed by atoms with van der Waals surface area (Å²) in [6, 6.07) is 4.57. The minimum atomic E-state index is 0.601. The van der Waals surface area contributed by atoms with Crippen LogP contribution in [0, 0.1) is 0 Å². The molecule has 0 aliphatic rings. The Bertz CT molecular complexity index is 259. The molecule has 0 amide bonds. The van der Waals surface area contributed by atoms with Gasteiger partial charge in [0, 0.05) is 6.04 Å². The van der Waals surface area contributed by atoms with Crippen LogP contribution in [0.1, 0.15) is 32.4 Å². The second kappa shape index (κ2) is 7.47. The lowest BCUT2D eigenvalue weighted by atomic mass is 10.1. The predicted molar refractivity (Wildman–Crippen MR) is 67.4 cm³/mol. The van der Waals surface area contributed by atoms with Crippen LogP contribution in [0.4, 0.5) is 0 Å². The van der Waals surface area contributed by atoms with E-state index < -0.39 is 0 Å². The van der Waals surface area contributed by atoms with Crippen LogP contribution in [0.25, 0.3) is 0 Å². The highest BCUT2D eigenvalue weighted by atomic mass is 16.3. The van der Waals surface area contributed by atoms with E-state index in [1.807, 2.05) is 12.1 Å². The summed E-state index contributed by atoms with van der Waals surface area (Å²) in [5, 5.41) is 3.35. The Kier molecular flexibility index (Phi) is 6.19. The van der Waals surface area contributed by atoms with E-state index in [1.165, 1.54) is 12.8 Å². The lowest BCUT2D eigenvalue weighted by molar-refractivity contribution is 0.217. The molecule has 1 heterocycles. The minimum absolute atomic E-state index is 0.601. The van der Waals surface area contributed by atoms with E-state index in [1.54, 1.807) is 6.26 Å². The second-order valence-corrected chi connectivity index (χ2v) is 4.34. The van der Waals surface area contributed by atoms with Crippen molar-refractivity contribution in [1.82, 2.24) is 10.2 Å². The Labute approximate surface area is 98.8 Å². The molecule has 0 saturated carbocycles. The summed E-state index contributed by atoms with van der Waals surface area (Å²) in [5.41, 5.74) is 0. The number of furan rings is 1. The van der Waals surface area contributed by atoms with Crippen LogP contribution in [-0.4, -0.2) is 31.1 Å². The van der Waals surface area contributed by atoms with Crippen molar-refractivity contribution in [2.24, 2.45) is 0 Å². The summed E-state index contributed by atoms with van der Waals surface area (Å²) in [7, 11) is 2.15. The third-order valence-electron chi connectivity index (χ3n) is 2.96. The van der Waals surface area contributed by atoms with Crippen molar-refractivity contribution in [3.63, 3.8) is 0 Å². The molecule has 1 N–H and O–H groups in total. The molecule has 1 rings (SSSR count). The lowest BCUT2D eigenvalue weighted by Crippen LogP contribution is -2.29. The normalized spacial score (nSPS) is 13.2. The molecule has 1 unspecified atom stereocenters. The van der Waals surface area contributed by atoms with Gasteiger partial charge in [-0.3, -0.25) is 4.90 Å². The molecule has 3 heteroatoms. The van der Waals surface area contributed by atoms with E-state index >= 15 is 0 Å². The first kappa shape index (κ1) is 13.3. The van der Waals surface area contributed by atoms with Gasteiger partial charge in [0.05, 0.1) is 12.8 Å². The molecule has 1 aromatic heterocycles. The topological polar surface area (TPSA) is 28.4 Å². The zero-order valence-corrected chi connectivity index (χ0v) is 10.7. The van der Waals surface area contributed by atoms with E-state index in [0.717, 1.165) is 25.4 Å². The average molecular weight is 224 g/mol. The zero-order valence-electron chi connectivity index (χ0n) is 10.7. The molecule has 0 aromatic carbocycles. The Hall–Kier alpha value is -0.800. The molecule has 92 valence electrons. The van der Waals surface area contributed by atoms with E-state index in [4.69, 9.17) is 4.42 Å². The van der Waals surface area contributed by atoms with Crippen molar-refractivity contribution in [2.45, 2.75) is 39.3 Å². The summed E-state index contributed by atoms with van der Waals surface area (Å²) in [4.78, 5) is 2.34. The van der Waals surface area contributed by atoms with Crippen LogP contribution >= 0.6 is 0 Å². The minimum Gasteiger partial charge on any atom is -0.468 e. The molecule has 0 fully saturated rings. The largest absolute Gasteiger partial charge is 0.468 e. The highest BCUT2D eigenvalue weighted by molar-refractivity contribution is 4.97. The van der Waals surface area contributed by atoms with Crippen molar-refractivity contribution in [3.05, 3.63) is 24.2 Å². The SMILES string of the molecule is CCNCCCC(C)N(C)Cc1ccco1. The van der Waals surface area contributed by atoms with Gasteiger partial charge in [-0.1, -0.05) is 6.92 Å². The Morgan fingerprint density at radius 2 is 2.31 bits per heavy atom. The zero-order chi connectivity index (χ0) is 11.8. The van der Waals surface area contributed by atoms with Crippen molar-refractivity contribution >= 4 is 0 Å². The number of rotatable bonds is 8. The number of nitrogens with zero attached hydrogens (tertiary/aromatic N) is 1. The molecule has 3 nitrogen and oxygen atoms in total. The summed E-state index contributed by atoms with van der Waals surface area (Å²) in [6.07, 6.45) is 4.20. The highest BCUT2D eigenvalue weighted by Crippen LogP contribution is 2.09. The number of nitrogens with one attached hydrogen (secondary N) is 1. The van der Waals surface area contributed by atoms with Gasteiger partial charge in [-0.05, 0) is 52.0 Å². The smallest absolute Gasteiger partial charge is 0.117 e. The van der Waals surface area contributed by atoms with Crippen molar-refractivity contribution in [1.29, 1.82) is 0 Å². The molecule has 1 atom stereocenters. The fraction of sp³-hybridized carbons (Fsp3) is 0.692. The maximum Gasteiger partial charge on any atom is 0.117 e. The number of hydrogen-bond acceptors (Lipinski definition) is 3. The highest BCUT2D eigenvalue weighted by Gasteiger charge is 2.10. The van der Waals surface area contributed by atoms with Crippen LogP contribution in [0.2, 0.25) is 0 Å². The molecule has 0 bridgehead atoms. The van der Waals surface area contributed by atoms with E-state index in [2.05, 4.69) is 31.1 Å². The van der Waals surface area contributed by atoms with E-state index in [-0.39, 0.29) is 0 Å². The Balaban J connectivity index is 2.17. The van der Waals surface area contributed by atoms with Gasteiger partial charge in [-0.15, -0.1) is 0 Å². The van der Waals surface area contributed by atoms with Gasteiger partial charge >= 0.3 is 0 Å². The van der Waals surface area contributed by atoms with E-state index in [0.29, 0.717) is 6.04 Å². The summed E-state index contributed by atoms with van der Waals surface area (Å²) >= 11 is 0. The molecule has 0 aliphatic heterocycles. The first-order valence-electron chi connectivity index (χ1n) is 6.17. The molecule has 1 aromatic rings. The summed E-state index contributed by atoms with van der Waals surface area (Å²) < 4.78 is 5.34. The van der Waals surface area contributed by atoms with Gasteiger partial charge in [0.2, 0.25) is 0 Å². The van der Waals surface area contributed by atoms with Gasteiger partial charge in [0.25, 0.3) is 0 Å². The fourth-order valence-corrected chi connectivity index (χ4v) is 1.72. The molecular formula is C13H24N2O. The quantitative estimate of drug-likeness (QED) is 0.688. The molecule has 0 aliphatic carbocycles. The average Bonchev–Trinajstić information content (AvgIpc) is 2.76. The standard InChI is InChI=1S/C13H24N2O/c1-4-14-9-5-7-12(2)15(3)11-13-8-6-10-16-13/h6,8,10,12,14H,4-5,7,9,11H2,1-3H3. The van der Waals surface area contributed by atoms with Gasteiger partial charge in [-0.25, -0.2) is 0 Å². The van der Waals surface area contributed by atoms with Crippen LogP contribution < -0.4 is 5.32 Å². The predicted octanol–water partition coefficient (Wildman–Crippen LogP) is 2.49. The van der Waals surface area contributed by atoms with Crippen molar-refractivity contribution in [2.75, 3.05) is 20.1 Å². The molecule has 16 heavy (non-hydrogen) atoms. The Morgan fingerprint density at radius 3 is 2.94 bits per heavy atom. The third kappa shape index (κ3) is 4.81. The van der Waals surface area contributed by atoms with Gasteiger partial charge in [0.1, 0.15) is 5.76 Å². The van der Waals surface area contributed by atoms with E-state index in [9.17, 15) is 0 Å². The van der Waals surface area contributed by atoms with Crippen LogP contribution in [0.5, 0.6) is 0 Å². The first-order valence-corrected chi connectivity index (χ1v) is 6.17. The van der Waals surface area contributed by atoms with Crippen LogP contribution in [-0.2, 0) is 6.54 Å². The van der Waals surface area contributed by atoms with Gasteiger partial charge in [0.15, 0.2) is 0 Å². The van der Waals surface area contributed by atoms with Crippen molar-refractivity contribution < 1.29 is 4.42 Å². The van der Waals surface area contributed by atoms with Gasteiger partial charge < -0.3 is 9.73 Å². The number of hydrogen-bond donors (Lipinski definition) is 1. The monoisotopic (exact) mass is 224 g/mol. The molecule has 0 radical (unpaired) electrons. The molecular weight excluding hydrogens is 200 g/mol. The molecule has 0 saturated heterocycles. The second-order valence-electron chi connectivity index (χ2n) is 4.34.